The van der Waals surface area contributed by atoms with E-state index >= 15 is 0 Å². The first-order chi connectivity index (χ1) is 12.5. The number of carbonyl (C=O) groups excluding carboxylic acids is 1. The van der Waals surface area contributed by atoms with Crippen molar-refractivity contribution in [1.82, 2.24) is 10.2 Å². The lowest BCUT2D eigenvalue weighted by molar-refractivity contribution is -0.126. The van der Waals surface area contributed by atoms with Crippen LogP contribution >= 0.6 is 0 Å². The predicted molar refractivity (Wildman–Crippen MR) is 104 cm³/mol. The van der Waals surface area contributed by atoms with Crippen LogP contribution < -0.4 is 11.1 Å². The van der Waals surface area contributed by atoms with Gasteiger partial charge in [-0.05, 0) is 44.2 Å². The Hall–Kier alpha value is -1.43. The zero-order chi connectivity index (χ0) is 18.5. The molecule has 5 nitrogen and oxygen atoms in total. The van der Waals surface area contributed by atoms with Gasteiger partial charge >= 0.3 is 0 Å². The summed E-state index contributed by atoms with van der Waals surface area (Å²) in [4.78, 5) is 15.0. The molecule has 2 aliphatic rings. The number of carbonyl (C=O) groups is 1. The maximum Gasteiger partial charge on any atom is 0.223 e. The molecule has 0 unspecified atom stereocenters. The summed E-state index contributed by atoms with van der Waals surface area (Å²) in [5.74, 6) is 0.232. The SMILES string of the molecule is C[C@@H]1CN(Cc2ccccc2CNC(=O)[C@@H]2CCC[C@@H](N)C2)C[C@H](C)O1. The van der Waals surface area contributed by atoms with Gasteiger partial charge in [0.1, 0.15) is 0 Å². The number of benzene rings is 1. The number of morpholine rings is 1. The topological polar surface area (TPSA) is 67.6 Å². The highest BCUT2D eigenvalue weighted by atomic mass is 16.5. The standard InChI is InChI=1S/C21H33N3O2/c1-15-12-24(13-16(2)26-15)14-19-7-4-3-6-18(19)11-23-21(25)17-8-5-9-20(22)10-17/h3-4,6-7,15-17,20H,5,8-14,22H2,1-2H3,(H,23,25)/t15-,16+,17-,20-/m1/s1. The Balaban J connectivity index is 1.57. The lowest BCUT2D eigenvalue weighted by atomic mass is 9.85. The molecular weight excluding hydrogens is 326 g/mol. The number of hydrogen-bond donors (Lipinski definition) is 2. The van der Waals surface area contributed by atoms with Crippen LogP contribution in [0.2, 0.25) is 0 Å². The maximum absolute atomic E-state index is 12.5. The van der Waals surface area contributed by atoms with Crippen LogP contribution in [-0.2, 0) is 22.6 Å². The van der Waals surface area contributed by atoms with Gasteiger partial charge in [-0.15, -0.1) is 0 Å². The summed E-state index contributed by atoms with van der Waals surface area (Å²) in [6.45, 7) is 7.65. The van der Waals surface area contributed by atoms with E-state index in [-0.39, 0.29) is 30.1 Å². The van der Waals surface area contributed by atoms with Crippen LogP contribution in [0, 0.1) is 5.92 Å². The lowest BCUT2D eigenvalue weighted by Crippen LogP contribution is -2.45. The summed E-state index contributed by atoms with van der Waals surface area (Å²) >= 11 is 0. The second kappa shape index (κ2) is 8.98. The van der Waals surface area contributed by atoms with Crippen LogP contribution in [0.4, 0.5) is 0 Å². The van der Waals surface area contributed by atoms with Gasteiger partial charge in [-0.2, -0.15) is 0 Å². The zero-order valence-electron chi connectivity index (χ0n) is 16.1. The van der Waals surface area contributed by atoms with Crippen LogP contribution in [0.5, 0.6) is 0 Å². The number of rotatable bonds is 5. The molecule has 1 heterocycles. The molecule has 4 atom stereocenters. The third-order valence-corrected chi connectivity index (χ3v) is 5.55. The molecule has 1 aliphatic heterocycles. The minimum absolute atomic E-state index is 0.0758. The Bertz CT molecular complexity index is 597. The molecule has 2 fully saturated rings. The van der Waals surface area contributed by atoms with Crippen molar-refractivity contribution in [2.45, 2.75) is 70.9 Å². The molecular formula is C21H33N3O2. The molecule has 1 saturated heterocycles. The minimum atomic E-state index is 0.0758. The van der Waals surface area contributed by atoms with E-state index in [4.69, 9.17) is 10.5 Å². The number of ether oxygens (including phenoxy) is 1. The first kappa shape index (κ1) is 19.3. The van der Waals surface area contributed by atoms with Crippen molar-refractivity contribution in [2.75, 3.05) is 13.1 Å². The summed E-state index contributed by atoms with van der Waals surface area (Å²) in [5, 5.41) is 3.15. The summed E-state index contributed by atoms with van der Waals surface area (Å²) < 4.78 is 5.83. The van der Waals surface area contributed by atoms with Crippen molar-refractivity contribution in [3.05, 3.63) is 35.4 Å². The molecule has 0 spiro atoms. The Morgan fingerprint density at radius 3 is 2.58 bits per heavy atom. The number of nitrogens with zero attached hydrogens (tertiary/aromatic N) is 1. The average Bonchev–Trinajstić information content (AvgIpc) is 2.60. The van der Waals surface area contributed by atoms with Crippen molar-refractivity contribution in [1.29, 1.82) is 0 Å². The van der Waals surface area contributed by atoms with Crippen molar-refractivity contribution in [3.8, 4) is 0 Å². The molecule has 5 heteroatoms. The third-order valence-electron chi connectivity index (χ3n) is 5.55. The van der Waals surface area contributed by atoms with Crippen molar-refractivity contribution >= 4 is 5.91 Å². The van der Waals surface area contributed by atoms with E-state index < -0.39 is 0 Å². The molecule has 0 radical (unpaired) electrons. The van der Waals surface area contributed by atoms with E-state index in [1.54, 1.807) is 0 Å². The maximum atomic E-state index is 12.5. The summed E-state index contributed by atoms with van der Waals surface area (Å²) in [7, 11) is 0. The summed E-state index contributed by atoms with van der Waals surface area (Å²) in [6.07, 6.45) is 4.41. The summed E-state index contributed by atoms with van der Waals surface area (Å²) in [5.41, 5.74) is 8.51. The minimum Gasteiger partial charge on any atom is -0.373 e. The molecule has 1 amide bonds. The first-order valence-electron chi connectivity index (χ1n) is 9.99. The molecule has 1 aromatic rings. The first-order valence-corrected chi connectivity index (χ1v) is 9.99. The Labute approximate surface area is 157 Å². The fourth-order valence-corrected chi connectivity index (χ4v) is 4.33. The van der Waals surface area contributed by atoms with Gasteiger partial charge in [0.25, 0.3) is 0 Å². The van der Waals surface area contributed by atoms with Crippen LogP contribution in [0.3, 0.4) is 0 Å². The summed E-state index contributed by atoms with van der Waals surface area (Å²) in [6, 6.07) is 8.59. The molecule has 1 aliphatic carbocycles. The highest BCUT2D eigenvalue weighted by Crippen LogP contribution is 2.23. The third kappa shape index (κ3) is 5.29. The second-order valence-corrected chi connectivity index (χ2v) is 8.06. The Morgan fingerprint density at radius 2 is 1.88 bits per heavy atom. The van der Waals surface area contributed by atoms with Gasteiger partial charge in [0.15, 0.2) is 0 Å². The molecule has 0 aromatic heterocycles. The zero-order valence-corrected chi connectivity index (χ0v) is 16.1. The van der Waals surface area contributed by atoms with Crippen LogP contribution in [0.25, 0.3) is 0 Å². The van der Waals surface area contributed by atoms with Gasteiger partial charge in [-0.25, -0.2) is 0 Å². The monoisotopic (exact) mass is 359 g/mol. The lowest BCUT2D eigenvalue weighted by Gasteiger charge is -2.35. The number of nitrogens with two attached hydrogens (primary N) is 1. The highest BCUT2D eigenvalue weighted by molar-refractivity contribution is 5.78. The quantitative estimate of drug-likeness (QED) is 0.847. The largest absolute Gasteiger partial charge is 0.373 e. The Morgan fingerprint density at radius 1 is 1.19 bits per heavy atom. The predicted octanol–water partition coefficient (Wildman–Crippen LogP) is 2.43. The average molecular weight is 360 g/mol. The molecule has 3 N–H and O–H groups in total. The van der Waals surface area contributed by atoms with Gasteiger partial charge in [0.2, 0.25) is 5.91 Å². The van der Waals surface area contributed by atoms with E-state index in [9.17, 15) is 4.79 Å². The Kier molecular flexibility index (Phi) is 6.68. The van der Waals surface area contributed by atoms with Crippen LogP contribution in [0.1, 0.15) is 50.7 Å². The number of nitrogens with one attached hydrogen (secondary N) is 1. The fourth-order valence-electron chi connectivity index (χ4n) is 4.33. The van der Waals surface area contributed by atoms with Crippen LogP contribution in [0.15, 0.2) is 24.3 Å². The smallest absolute Gasteiger partial charge is 0.223 e. The van der Waals surface area contributed by atoms with E-state index in [0.29, 0.717) is 6.54 Å². The van der Waals surface area contributed by atoms with Gasteiger partial charge in [0, 0.05) is 38.1 Å². The van der Waals surface area contributed by atoms with E-state index in [2.05, 4.69) is 42.3 Å². The van der Waals surface area contributed by atoms with Crippen molar-refractivity contribution < 1.29 is 9.53 Å². The molecule has 144 valence electrons. The molecule has 1 saturated carbocycles. The molecule has 1 aromatic carbocycles. The molecule has 3 rings (SSSR count). The van der Waals surface area contributed by atoms with Crippen molar-refractivity contribution in [3.63, 3.8) is 0 Å². The fraction of sp³-hybridized carbons (Fsp3) is 0.667. The van der Waals surface area contributed by atoms with Gasteiger partial charge in [-0.3, -0.25) is 9.69 Å². The van der Waals surface area contributed by atoms with E-state index in [0.717, 1.165) is 45.3 Å². The van der Waals surface area contributed by atoms with E-state index in [1.807, 2.05) is 6.07 Å². The van der Waals surface area contributed by atoms with Gasteiger partial charge in [-0.1, -0.05) is 30.7 Å². The number of hydrogen-bond acceptors (Lipinski definition) is 4. The van der Waals surface area contributed by atoms with E-state index in [1.165, 1.54) is 11.1 Å². The number of amides is 1. The normalized spacial score (nSPS) is 30.1. The molecule has 0 bridgehead atoms. The molecule has 26 heavy (non-hydrogen) atoms. The van der Waals surface area contributed by atoms with Crippen LogP contribution in [-0.4, -0.2) is 42.1 Å². The van der Waals surface area contributed by atoms with Crippen molar-refractivity contribution in [2.24, 2.45) is 11.7 Å². The highest BCUT2D eigenvalue weighted by Gasteiger charge is 2.26. The van der Waals surface area contributed by atoms with Gasteiger partial charge in [0.05, 0.1) is 12.2 Å². The van der Waals surface area contributed by atoms with Gasteiger partial charge < -0.3 is 15.8 Å². The second-order valence-electron chi connectivity index (χ2n) is 8.06.